The van der Waals surface area contributed by atoms with Crippen LogP contribution < -0.4 is 0 Å². The van der Waals surface area contributed by atoms with Crippen LogP contribution in [0.3, 0.4) is 0 Å². The molecule has 3 aromatic carbocycles. The lowest BCUT2D eigenvalue weighted by Gasteiger charge is -2.27. The van der Waals surface area contributed by atoms with Gasteiger partial charge in [0.05, 0.1) is 11.1 Å². The van der Waals surface area contributed by atoms with Crippen LogP contribution in [-0.4, -0.2) is 48.3 Å². The van der Waals surface area contributed by atoms with Crippen molar-refractivity contribution in [2.75, 3.05) is 26.7 Å². The molecule has 4 nitrogen and oxygen atoms in total. The van der Waals surface area contributed by atoms with E-state index < -0.39 is 0 Å². The molecule has 0 saturated heterocycles. The van der Waals surface area contributed by atoms with Crippen molar-refractivity contribution in [3.05, 3.63) is 105 Å². The molecule has 1 unspecified atom stereocenters. The second-order valence-electron chi connectivity index (χ2n) is 8.36. The molecule has 5 heteroatoms. The monoisotopic (exact) mass is 442 g/mol. The van der Waals surface area contributed by atoms with Gasteiger partial charge >= 0.3 is 0 Å². The molecule has 0 bridgehead atoms. The second kappa shape index (κ2) is 8.38. The van der Waals surface area contributed by atoms with E-state index in [0.29, 0.717) is 24.2 Å². The number of fused-ring (bicyclic) bond motifs is 3. The summed E-state index contributed by atoms with van der Waals surface area (Å²) in [7, 11) is 2.03. The van der Waals surface area contributed by atoms with E-state index in [2.05, 4.69) is 47.4 Å². The summed E-state index contributed by atoms with van der Waals surface area (Å²) in [5.74, 6) is -0.289. The van der Waals surface area contributed by atoms with E-state index in [0.717, 1.165) is 17.1 Å². The van der Waals surface area contributed by atoms with E-state index >= 15 is 0 Å². The number of benzene rings is 3. The molecule has 1 aliphatic carbocycles. The van der Waals surface area contributed by atoms with Crippen LogP contribution in [0, 0.1) is 0 Å². The van der Waals surface area contributed by atoms with Crippen LogP contribution in [-0.2, 0) is 0 Å². The highest BCUT2D eigenvalue weighted by Crippen LogP contribution is 2.36. The van der Waals surface area contributed by atoms with Gasteiger partial charge in [-0.25, -0.2) is 0 Å². The number of amides is 2. The van der Waals surface area contributed by atoms with Crippen LogP contribution in [0.2, 0.25) is 5.02 Å². The van der Waals surface area contributed by atoms with Gasteiger partial charge in [0.25, 0.3) is 11.8 Å². The normalized spacial score (nSPS) is 16.7. The highest BCUT2D eigenvalue weighted by atomic mass is 35.5. The summed E-state index contributed by atoms with van der Waals surface area (Å²) < 4.78 is 0. The number of halogens is 1. The van der Waals surface area contributed by atoms with Crippen molar-refractivity contribution in [3.63, 3.8) is 0 Å². The fourth-order valence-corrected chi connectivity index (χ4v) is 4.82. The van der Waals surface area contributed by atoms with Gasteiger partial charge < -0.3 is 4.90 Å². The molecular formula is C27H23ClN2O2. The minimum absolute atomic E-state index is 0.127. The molecule has 3 aromatic rings. The SMILES string of the molecule is CN(CCN1C(=O)c2ccccc2C1=O)CC1c2ccccc2C=Cc2ccc(Cl)cc21. The second-order valence-corrected chi connectivity index (χ2v) is 8.79. The van der Waals surface area contributed by atoms with Gasteiger partial charge in [-0.3, -0.25) is 14.5 Å². The first-order valence-electron chi connectivity index (χ1n) is 10.7. The Hall–Kier alpha value is -3.21. The summed E-state index contributed by atoms with van der Waals surface area (Å²) in [5, 5.41) is 0.718. The number of rotatable bonds is 5. The Morgan fingerprint density at radius 1 is 0.844 bits per heavy atom. The number of imide groups is 1. The Labute approximate surface area is 192 Å². The molecule has 0 saturated carbocycles. The number of carbonyl (C=O) groups excluding carboxylic acids is 2. The Morgan fingerprint density at radius 2 is 1.47 bits per heavy atom. The average molecular weight is 443 g/mol. The van der Waals surface area contributed by atoms with E-state index in [1.54, 1.807) is 24.3 Å². The van der Waals surface area contributed by atoms with Crippen molar-refractivity contribution in [3.8, 4) is 0 Å². The highest BCUT2D eigenvalue weighted by molar-refractivity contribution is 6.30. The first-order valence-corrected chi connectivity index (χ1v) is 11.1. The third-order valence-electron chi connectivity index (χ3n) is 6.32. The maximum atomic E-state index is 12.7. The Balaban J connectivity index is 1.36. The molecule has 2 amide bonds. The minimum atomic E-state index is -0.208. The molecule has 2 aliphatic rings. The molecule has 5 rings (SSSR count). The zero-order valence-corrected chi connectivity index (χ0v) is 18.5. The lowest BCUT2D eigenvalue weighted by atomic mass is 9.87. The largest absolute Gasteiger partial charge is 0.304 e. The van der Waals surface area contributed by atoms with Gasteiger partial charge in [0.15, 0.2) is 0 Å². The smallest absolute Gasteiger partial charge is 0.261 e. The summed E-state index contributed by atoms with van der Waals surface area (Å²) in [6.07, 6.45) is 4.30. The summed E-state index contributed by atoms with van der Waals surface area (Å²) in [6.45, 7) is 1.69. The third kappa shape index (κ3) is 3.66. The fraction of sp³-hybridized carbons (Fsp3) is 0.185. The van der Waals surface area contributed by atoms with E-state index in [1.165, 1.54) is 21.6 Å². The van der Waals surface area contributed by atoms with Gasteiger partial charge in [-0.1, -0.05) is 66.2 Å². The molecule has 0 N–H and O–H groups in total. The molecule has 0 fully saturated rings. The molecule has 160 valence electrons. The molecule has 1 aliphatic heterocycles. The molecule has 0 radical (unpaired) electrons. The molecule has 1 heterocycles. The maximum Gasteiger partial charge on any atom is 0.261 e. The van der Waals surface area contributed by atoms with Crippen molar-refractivity contribution in [1.29, 1.82) is 0 Å². The average Bonchev–Trinajstić information content (AvgIpc) is 2.95. The van der Waals surface area contributed by atoms with Crippen molar-refractivity contribution in [1.82, 2.24) is 9.80 Å². The Bertz CT molecular complexity index is 1210. The van der Waals surface area contributed by atoms with E-state index in [4.69, 9.17) is 11.6 Å². The van der Waals surface area contributed by atoms with Crippen molar-refractivity contribution < 1.29 is 9.59 Å². The van der Waals surface area contributed by atoms with Gasteiger partial charge in [0.2, 0.25) is 0 Å². The van der Waals surface area contributed by atoms with Gasteiger partial charge in [0, 0.05) is 30.6 Å². The van der Waals surface area contributed by atoms with Gasteiger partial charge in [-0.05, 0) is 53.6 Å². The first kappa shape index (κ1) is 20.7. The van der Waals surface area contributed by atoms with Crippen molar-refractivity contribution >= 4 is 35.6 Å². The third-order valence-corrected chi connectivity index (χ3v) is 6.55. The lowest BCUT2D eigenvalue weighted by Crippen LogP contribution is -2.38. The van der Waals surface area contributed by atoms with Crippen LogP contribution in [0.5, 0.6) is 0 Å². The molecule has 0 spiro atoms. The van der Waals surface area contributed by atoms with Crippen molar-refractivity contribution in [2.24, 2.45) is 0 Å². The quantitative estimate of drug-likeness (QED) is 0.511. The van der Waals surface area contributed by atoms with Crippen LogP contribution >= 0.6 is 11.6 Å². The molecule has 0 aromatic heterocycles. The molecule has 32 heavy (non-hydrogen) atoms. The summed E-state index contributed by atoms with van der Waals surface area (Å²) in [6, 6.07) is 21.5. The van der Waals surface area contributed by atoms with Crippen LogP contribution in [0.1, 0.15) is 48.9 Å². The van der Waals surface area contributed by atoms with Crippen LogP contribution in [0.4, 0.5) is 0 Å². The topological polar surface area (TPSA) is 40.6 Å². The fourth-order valence-electron chi connectivity index (χ4n) is 4.64. The van der Waals surface area contributed by atoms with E-state index in [1.807, 2.05) is 19.2 Å². The zero-order chi connectivity index (χ0) is 22.2. The minimum Gasteiger partial charge on any atom is -0.304 e. The predicted molar refractivity (Wildman–Crippen MR) is 128 cm³/mol. The summed E-state index contributed by atoms with van der Waals surface area (Å²) in [5.41, 5.74) is 5.77. The zero-order valence-electron chi connectivity index (χ0n) is 17.8. The van der Waals surface area contributed by atoms with Crippen LogP contribution in [0.15, 0.2) is 66.7 Å². The maximum absolute atomic E-state index is 12.7. The molecule has 1 atom stereocenters. The van der Waals surface area contributed by atoms with Gasteiger partial charge in [-0.15, -0.1) is 0 Å². The Morgan fingerprint density at radius 3 is 2.19 bits per heavy atom. The van der Waals surface area contributed by atoms with E-state index in [-0.39, 0.29) is 17.7 Å². The summed E-state index contributed by atoms with van der Waals surface area (Å²) in [4.78, 5) is 28.9. The Kier molecular flexibility index (Phi) is 5.41. The number of hydrogen-bond donors (Lipinski definition) is 0. The lowest BCUT2D eigenvalue weighted by molar-refractivity contribution is 0.0640. The van der Waals surface area contributed by atoms with E-state index in [9.17, 15) is 9.59 Å². The van der Waals surface area contributed by atoms with Crippen LogP contribution in [0.25, 0.3) is 12.2 Å². The number of carbonyl (C=O) groups is 2. The highest BCUT2D eigenvalue weighted by Gasteiger charge is 2.35. The molecular weight excluding hydrogens is 420 g/mol. The van der Waals surface area contributed by atoms with Gasteiger partial charge in [-0.2, -0.15) is 0 Å². The number of hydrogen-bond acceptors (Lipinski definition) is 3. The predicted octanol–water partition coefficient (Wildman–Crippen LogP) is 5.18. The van der Waals surface area contributed by atoms with Gasteiger partial charge in [0.1, 0.15) is 0 Å². The van der Waals surface area contributed by atoms with Crippen molar-refractivity contribution in [2.45, 2.75) is 5.92 Å². The first-order chi connectivity index (χ1) is 15.5. The number of likely N-dealkylation sites (N-methyl/N-ethyl adjacent to an activating group) is 1. The standard InChI is InChI=1S/C27H23ClN2O2/c1-29(14-15-30-26(31)22-8-4-5-9-23(22)27(30)32)17-25-21-7-3-2-6-18(21)10-11-19-12-13-20(28)16-24(19)25/h2-13,16,25H,14-15,17H2,1H3. The summed E-state index contributed by atoms with van der Waals surface area (Å²) >= 11 is 6.36. The number of nitrogens with zero attached hydrogens (tertiary/aromatic N) is 2.